The van der Waals surface area contributed by atoms with Gasteiger partial charge in [-0.1, -0.05) is 6.92 Å². The van der Waals surface area contributed by atoms with E-state index in [0.29, 0.717) is 5.88 Å². The standard InChI is InChI=1S/C12H20ClF2NO/c1-2-10(5-8-13)16-11(17)9-3-6-12(14,15)7-4-9/h9-10H,2-8H2,1H3,(H,16,17). The van der Waals surface area contributed by atoms with Crippen molar-refractivity contribution in [3.8, 4) is 0 Å². The third-order valence-corrected chi connectivity index (χ3v) is 3.60. The van der Waals surface area contributed by atoms with Crippen LogP contribution in [0.5, 0.6) is 0 Å². The van der Waals surface area contributed by atoms with Gasteiger partial charge in [0.15, 0.2) is 0 Å². The van der Waals surface area contributed by atoms with Crippen LogP contribution in [0, 0.1) is 5.92 Å². The van der Waals surface area contributed by atoms with Gasteiger partial charge in [-0.15, -0.1) is 11.6 Å². The van der Waals surface area contributed by atoms with Gasteiger partial charge in [0.2, 0.25) is 11.8 Å². The first kappa shape index (κ1) is 14.7. The monoisotopic (exact) mass is 267 g/mol. The van der Waals surface area contributed by atoms with Crippen molar-refractivity contribution in [3.05, 3.63) is 0 Å². The summed E-state index contributed by atoms with van der Waals surface area (Å²) < 4.78 is 25.9. The molecule has 1 fully saturated rings. The largest absolute Gasteiger partial charge is 0.353 e. The summed E-state index contributed by atoms with van der Waals surface area (Å²) in [5.41, 5.74) is 0. The van der Waals surface area contributed by atoms with Crippen molar-refractivity contribution in [2.24, 2.45) is 5.92 Å². The zero-order valence-corrected chi connectivity index (χ0v) is 10.9. The Morgan fingerprint density at radius 2 is 2.06 bits per heavy atom. The van der Waals surface area contributed by atoms with E-state index in [9.17, 15) is 13.6 Å². The minimum absolute atomic E-state index is 0.0717. The molecule has 1 rings (SSSR count). The molecular weight excluding hydrogens is 248 g/mol. The molecule has 1 amide bonds. The second-order valence-corrected chi connectivity index (χ2v) is 5.10. The fraction of sp³-hybridized carbons (Fsp3) is 0.917. The minimum atomic E-state index is -2.57. The van der Waals surface area contributed by atoms with Crippen molar-refractivity contribution in [2.75, 3.05) is 5.88 Å². The maximum atomic E-state index is 12.9. The summed E-state index contributed by atoms with van der Waals surface area (Å²) in [6.07, 6.45) is 1.79. The summed E-state index contributed by atoms with van der Waals surface area (Å²) in [5.74, 6) is -2.41. The summed E-state index contributed by atoms with van der Waals surface area (Å²) in [6, 6.07) is 0.0717. The Bertz CT molecular complexity index is 251. The molecule has 0 aromatic carbocycles. The summed E-state index contributed by atoms with van der Waals surface area (Å²) in [5, 5.41) is 2.90. The first-order chi connectivity index (χ1) is 7.98. The van der Waals surface area contributed by atoms with Crippen LogP contribution in [-0.4, -0.2) is 23.8 Å². The van der Waals surface area contributed by atoms with E-state index in [1.165, 1.54) is 0 Å². The zero-order valence-electron chi connectivity index (χ0n) is 10.1. The molecule has 0 aromatic heterocycles. The number of nitrogens with one attached hydrogen (secondary N) is 1. The maximum Gasteiger partial charge on any atom is 0.248 e. The molecule has 0 radical (unpaired) electrons. The van der Waals surface area contributed by atoms with E-state index in [-0.39, 0.29) is 43.6 Å². The van der Waals surface area contributed by atoms with E-state index in [1.54, 1.807) is 0 Å². The lowest BCUT2D eigenvalue weighted by molar-refractivity contribution is -0.129. The molecule has 1 aliphatic carbocycles. The molecule has 100 valence electrons. The maximum absolute atomic E-state index is 12.9. The number of rotatable bonds is 5. The molecule has 1 aliphatic rings. The van der Waals surface area contributed by atoms with E-state index < -0.39 is 5.92 Å². The number of alkyl halides is 3. The fourth-order valence-corrected chi connectivity index (χ4v) is 2.39. The normalized spacial score (nSPS) is 22.1. The van der Waals surface area contributed by atoms with Gasteiger partial charge in [0, 0.05) is 30.7 Å². The molecule has 1 unspecified atom stereocenters. The Balaban J connectivity index is 2.38. The van der Waals surface area contributed by atoms with E-state index in [2.05, 4.69) is 5.32 Å². The second kappa shape index (κ2) is 6.53. The summed E-state index contributed by atoms with van der Waals surface area (Å²) in [6.45, 7) is 1.98. The molecule has 0 aromatic rings. The van der Waals surface area contributed by atoms with Crippen LogP contribution in [0.1, 0.15) is 45.4 Å². The van der Waals surface area contributed by atoms with Crippen molar-refractivity contribution < 1.29 is 13.6 Å². The predicted molar refractivity (Wildman–Crippen MR) is 64.5 cm³/mol. The Labute approximate surface area is 106 Å². The Hall–Kier alpha value is -0.380. The van der Waals surface area contributed by atoms with Crippen molar-refractivity contribution in [3.63, 3.8) is 0 Å². The van der Waals surface area contributed by atoms with Crippen LogP contribution < -0.4 is 5.32 Å². The highest BCUT2D eigenvalue weighted by Crippen LogP contribution is 2.36. The topological polar surface area (TPSA) is 29.1 Å². The van der Waals surface area contributed by atoms with Gasteiger partial charge in [-0.05, 0) is 25.7 Å². The van der Waals surface area contributed by atoms with E-state index in [1.807, 2.05) is 6.92 Å². The number of halogens is 3. The molecule has 1 N–H and O–H groups in total. The highest BCUT2D eigenvalue weighted by Gasteiger charge is 2.37. The molecule has 1 atom stereocenters. The first-order valence-electron chi connectivity index (χ1n) is 6.22. The van der Waals surface area contributed by atoms with Crippen LogP contribution in [0.25, 0.3) is 0 Å². The summed E-state index contributed by atoms with van der Waals surface area (Å²) in [7, 11) is 0. The van der Waals surface area contributed by atoms with Crippen molar-refractivity contribution >= 4 is 17.5 Å². The highest BCUT2D eigenvalue weighted by molar-refractivity contribution is 6.17. The van der Waals surface area contributed by atoms with E-state index >= 15 is 0 Å². The molecule has 17 heavy (non-hydrogen) atoms. The van der Waals surface area contributed by atoms with Crippen LogP contribution in [0.3, 0.4) is 0 Å². The highest BCUT2D eigenvalue weighted by atomic mass is 35.5. The molecule has 2 nitrogen and oxygen atoms in total. The molecule has 0 bridgehead atoms. The summed E-state index contributed by atoms with van der Waals surface area (Å²) >= 11 is 5.63. The first-order valence-corrected chi connectivity index (χ1v) is 6.76. The number of hydrogen-bond donors (Lipinski definition) is 1. The molecule has 0 aliphatic heterocycles. The van der Waals surface area contributed by atoms with Gasteiger partial charge in [0.05, 0.1) is 0 Å². The lowest BCUT2D eigenvalue weighted by Crippen LogP contribution is -2.41. The van der Waals surface area contributed by atoms with Gasteiger partial charge in [-0.3, -0.25) is 4.79 Å². The lowest BCUT2D eigenvalue weighted by Gasteiger charge is -2.28. The molecule has 1 saturated carbocycles. The molecule has 5 heteroatoms. The van der Waals surface area contributed by atoms with Gasteiger partial charge in [0.25, 0.3) is 0 Å². The number of amides is 1. The SMILES string of the molecule is CCC(CCCl)NC(=O)C1CCC(F)(F)CC1. The number of carbonyl (C=O) groups excluding carboxylic acids is 1. The molecular formula is C12H20ClF2NO. The minimum Gasteiger partial charge on any atom is -0.353 e. The van der Waals surface area contributed by atoms with Gasteiger partial charge in [-0.25, -0.2) is 8.78 Å². The van der Waals surface area contributed by atoms with E-state index in [0.717, 1.165) is 12.8 Å². The van der Waals surface area contributed by atoms with Crippen LogP contribution in [0.2, 0.25) is 0 Å². The Morgan fingerprint density at radius 3 is 2.53 bits per heavy atom. The quantitative estimate of drug-likeness (QED) is 0.761. The third kappa shape index (κ3) is 4.78. The zero-order chi connectivity index (χ0) is 12.9. The van der Waals surface area contributed by atoms with Crippen molar-refractivity contribution in [1.29, 1.82) is 0 Å². The van der Waals surface area contributed by atoms with Crippen LogP contribution >= 0.6 is 11.6 Å². The van der Waals surface area contributed by atoms with Gasteiger partial charge in [-0.2, -0.15) is 0 Å². The average molecular weight is 268 g/mol. The third-order valence-electron chi connectivity index (χ3n) is 3.38. The van der Waals surface area contributed by atoms with Crippen LogP contribution in [0.4, 0.5) is 8.78 Å². The average Bonchev–Trinajstić information content (AvgIpc) is 2.28. The van der Waals surface area contributed by atoms with Gasteiger partial charge >= 0.3 is 0 Å². The van der Waals surface area contributed by atoms with Crippen LogP contribution in [0.15, 0.2) is 0 Å². The lowest BCUT2D eigenvalue weighted by atomic mass is 9.86. The second-order valence-electron chi connectivity index (χ2n) is 4.72. The summed E-state index contributed by atoms with van der Waals surface area (Å²) in [4.78, 5) is 11.9. The smallest absolute Gasteiger partial charge is 0.248 e. The molecule has 0 heterocycles. The Kier molecular flexibility index (Phi) is 5.63. The predicted octanol–water partition coefficient (Wildman–Crippen LogP) is 3.34. The van der Waals surface area contributed by atoms with Crippen molar-refractivity contribution in [1.82, 2.24) is 5.32 Å². The van der Waals surface area contributed by atoms with Crippen molar-refractivity contribution in [2.45, 2.75) is 57.4 Å². The number of hydrogen-bond acceptors (Lipinski definition) is 1. The molecule has 0 spiro atoms. The van der Waals surface area contributed by atoms with Gasteiger partial charge < -0.3 is 5.32 Å². The van der Waals surface area contributed by atoms with Crippen LogP contribution in [-0.2, 0) is 4.79 Å². The van der Waals surface area contributed by atoms with Gasteiger partial charge in [0.1, 0.15) is 0 Å². The Morgan fingerprint density at radius 1 is 1.47 bits per heavy atom. The fourth-order valence-electron chi connectivity index (χ4n) is 2.13. The molecule has 0 saturated heterocycles. The van der Waals surface area contributed by atoms with E-state index in [4.69, 9.17) is 11.6 Å². The number of carbonyl (C=O) groups is 1.